The Labute approximate surface area is 100 Å². The molecule has 58 valence electrons. The van der Waals surface area contributed by atoms with Crippen LogP contribution in [0.1, 0.15) is 10.4 Å². The Kier molecular flexibility index (Phi) is 3.76. The van der Waals surface area contributed by atoms with Crippen LogP contribution in [-0.2, 0) is 0 Å². The molecule has 1 nitrogen and oxygen atoms in total. The van der Waals surface area contributed by atoms with Crippen LogP contribution in [0.2, 0.25) is 0 Å². The molecule has 11 heavy (non-hydrogen) atoms. The van der Waals surface area contributed by atoms with Gasteiger partial charge < -0.3 is 0 Å². The first kappa shape index (κ1) is 9.91. The van der Waals surface area contributed by atoms with Crippen molar-refractivity contribution in [1.29, 1.82) is 0 Å². The van der Waals surface area contributed by atoms with E-state index in [0.717, 1.165) is 23.5 Å². The minimum atomic E-state index is 0.724. The van der Waals surface area contributed by atoms with E-state index in [2.05, 4.69) is 61.1 Å². The molecular formula is C7H3BrI2O. The Bertz CT molecular complexity index is 275. The standard InChI is InChI=1S/C7H3BrI2O/c8-7-5(9)1-4(3-11)2-6(7)10/h1-3H. The van der Waals surface area contributed by atoms with Crippen LogP contribution in [0, 0.1) is 7.14 Å². The summed E-state index contributed by atoms with van der Waals surface area (Å²) in [6.07, 6.45) is 0.858. The lowest BCUT2D eigenvalue weighted by atomic mass is 10.2. The van der Waals surface area contributed by atoms with Gasteiger partial charge in [-0.1, -0.05) is 0 Å². The highest BCUT2D eigenvalue weighted by atomic mass is 127. The van der Waals surface area contributed by atoms with Crippen LogP contribution in [0.25, 0.3) is 0 Å². The maximum Gasteiger partial charge on any atom is 0.150 e. The number of halogens is 3. The molecule has 0 bridgehead atoms. The Morgan fingerprint density at radius 2 is 1.73 bits per heavy atom. The van der Waals surface area contributed by atoms with E-state index in [9.17, 15) is 4.79 Å². The van der Waals surface area contributed by atoms with Gasteiger partial charge in [0.25, 0.3) is 0 Å². The maximum absolute atomic E-state index is 10.4. The lowest BCUT2D eigenvalue weighted by Gasteiger charge is -1.99. The van der Waals surface area contributed by atoms with Crippen molar-refractivity contribution in [3.05, 3.63) is 29.3 Å². The van der Waals surface area contributed by atoms with Crippen LogP contribution < -0.4 is 0 Å². The number of aldehydes is 1. The van der Waals surface area contributed by atoms with Crippen molar-refractivity contribution in [2.24, 2.45) is 0 Å². The zero-order valence-corrected chi connectivity index (χ0v) is 11.2. The molecule has 4 heteroatoms. The zero-order chi connectivity index (χ0) is 8.43. The molecule has 1 aromatic carbocycles. The predicted molar refractivity (Wildman–Crippen MR) is 65.0 cm³/mol. The van der Waals surface area contributed by atoms with Crippen LogP contribution >= 0.6 is 61.1 Å². The lowest BCUT2D eigenvalue weighted by Crippen LogP contribution is -1.86. The molecule has 0 unspecified atom stereocenters. The van der Waals surface area contributed by atoms with Crippen LogP contribution in [0.15, 0.2) is 16.6 Å². The minimum Gasteiger partial charge on any atom is -0.298 e. The SMILES string of the molecule is O=Cc1cc(I)c(Br)c(I)c1. The highest BCUT2D eigenvalue weighted by molar-refractivity contribution is 14.1. The van der Waals surface area contributed by atoms with Crippen molar-refractivity contribution >= 4 is 67.4 Å². The fourth-order valence-electron chi connectivity index (χ4n) is 0.643. The van der Waals surface area contributed by atoms with Gasteiger partial charge in [-0.15, -0.1) is 0 Å². The number of hydrogen-bond donors (Lipinski definition) is 0. The molecule has 1 rings (SSSR count). The van der Waals surface area contributed by atoms with Gasteiger partial charge in [-0.2, -0.15) is 0 Å². The smallest absolute Gasteiger partial charge is 0.150 e. The second-order valence-corrected chi connectivity index (χ2v) is 5.03. The van der Waals surface area contributed by atoms with E-state index in [1.165, 1.54) is 0 Å². The van der Waals surface area contributed by atoms with E-state index in [1.54, 1.807) is 0 Å². The molecule has 0 heterocycles. The lowest BCUT2D eigenvalue weighted by molar-refractivity contribution is 0.112. The Morgan fingerprint density at radius 1 is 1.27 bits per heavy atom. The van der Waals surface area contributed by atoms with Crippen LogP contribution in [0.4, 0.5) is 0 Å². The summed E-state index contributed by atoms with van der Waals surface area (Å²) in [5, 5.41) is 0. The molecule has 1 aromatic rings. The van der Waals surface area contributed by atoms with Crippen molar-refractivity contribution in [1.82, 2.24) is 0 Å². The fourth-order valence-corrected chi connectivity index (χ4v) is 2.69. The van der Waals surface area contributed by atoms with Crippen LogP contribution in [0.3, 0.4) is 0 Å². The van der Waals surface area contributed by atoms with Gasteiger partial charge in [0, 0.05) is 17.2 Å². The van der Waals surface area contributed by atoms with E-state index in [0.29, 0.717) is 0 Å². The molecule has 0 aliphatic rings. The van der Waals surface area contributed by atoms with Gasteiger partial charge in [0.1, 0.15) is 6.29 Å². The topological polar surface area (TPSA) is 17.1 Å². The summed E-state index contributed by atoms with van der Waals surface area (Å²) in [6, 6.07) is 3.69. The third-order valence-electron chi connectivity index (χ3n) is 1.14. The molecule has 0 aromatic heterocycles. The molecule has 0 saturated carbocycles. The molecule has 0 fully saturated rings. The summed E-state index contributed by atoms with van der Waals surface area (Å²) in [5.74, 6) is 0. The van der Waals surface area contributed by atoms with Crippen molar-refractivity contribution < 1.29 is 4.79 Å². The molecule has 0 saturated heterocycles. The van der Waals surface area contributed by atoms with Gasteiger partial charge in [-0.05, 0) is 73.2 Å². The second kappa shape index (κ2) is 4.18. The first-order valence-corrected chi connectivity index (χ1v) is 5.70. The Morgan fingerprint density at radius 3 is 2.09 bits per heavy atom. The minimum absolute atomic E-state index is 0.724. The van der Waals surface area contributed by atoms with E-state index >= 15 is 0 Å². The molecular weight excluding hydrogens is 434 g/mol. The predicted octanol–water partition coefficient (Wildman–Crippen LogP) is 3.47. The molecule has 0 radical (unpaired) electrons. The van der Waals surface area contributed by atoms with Crippen LogP contribution in [-0.4, -0.2) is 6.29 Å². The highest BCUT2D eigenvalue weighted by Gasteiger charge is 2.02. The van der Waals surface area contributed by atoms with Gasteiger partial charge in [0.05, 0.1) is 0 Å². The summed E-state index contributed by atoms with van der Waals surface area (Å²) < 4.78 is 3.19. The van der Waals surface area contributed by atoms with Crippen LogP contribution in [0.5, 0.6) is 0 Å². The van der Waals surface area contributed by atoms with Crippen molar-refractivity contribution in [3.8, 4) is 0 Å². The molecule has 0 aliphatic heterocycles. The Hall–Kier alpha value is 0.830. The number of carbonyl (C=O) groups excluding carboxylic acids is 1. The normalized spacial score (nSPS) is 9.73. The van der Waals surface area contributed by atoms with Crippen molar-refractivity contribution in [2.75, 3.05) is 0 Å². The van der Waals surface area contributed by atoms with E-state index in [4.69, 9.17) is 0 Å². The molecule has 0 amide bonds. The number of benzene rings is 1. The fraction of sp³-hybridized carbons (Fsp3) is 0. The summed E-state index contributed by atoms with van der Waals surface area (Å²) in [5.41, 5.74) is 0.724. The number of hydrogen-bond acceptors (Lipinski definition) is 1. The average Bonchev–Trinajstić information content (AvgIpc) is 1.99. The molecule has 0 spiro atoms. The van der Waals surface area contributed by atoms with Crippen molar-refractivity contribution in [3.63, 3.8) is 0 Å². The molecule has 0 N–H and O–H groups in total. The molecule has 0 atom stereocenters. The van der Waals surface area contributed by atoms with E-state index < -0.39 is 0 Å². The van der Waals surface area contributed by atoms with Gasteiger partial charge in [0.15, 0.2) is 0 Å². The summed E-state index contributed by atoms with van der Waals surface area (Å²) in [6.45, 7) is 0. The second-order valence-electron chi connectivity index (χ2n) is 1.92. The summed E-state index contributed by atoms with van der Waals surface area (Å²) >= 11 is 7.79. The third kappa shape index (κ3) is 2.38. The first-order chi connectivity index (χ1) is 5.15. The van der Waals surface area contributed by atoms with Gasteiger partial charge >= 0.3 is 0 Å². The highest BCUT2D eigenvalue weighted by Crippen LogP contribution is 2.25. The zero-order valence-electron chi connectivity index (χ0n) is 5.27. The van der Waals surface area contributed by atoms with E-state index in [1.807, 2.05) is 12.1 Å². The first-order valence-electron chi connectivity index (χ1n) is 2.75. The maximum atomic E-state index is 10.4. The van der Waals surface area contributed by atoms with Gasteiger partial charge in [-0.25, -0.2) is 0 Å². The quantitative estimate of drug-likeness (QED) is 0.374. The number of carbonyl (C=O) groups is 1. The number of rotatable bonds is 1. The van der Waals surface area contributed by atoms with Gasteiger partial charge in [0.2, 0.25) is 0 Å². The summed E-state index contributed by atoms with van der Waals surface area (Å²) in [4.78, 5) is 10.4. The van der Waals surface area contributed by atoms with Gasteiger partial charge in [-0.3, -0.25) is 4.79 Å². The monoisotopic (exact) mass is 436 g/mol. The third-order valence-corrected chi connectivity index (χ3v) is 5.18. The van der Waals surface area contributed by atoms with Crippen molar-refractivity contribution in [2.45, 2.75) is 0 Å². The molecule has 0 aliphatic carbocycles. The Balaban J connectivity index is 3.31. The average molecular weight is 437 g/mol. The van der Waals surface area contributed by atoms with E-state index in [-0.39, 0.29) is 0 Å². The summed E-state index contributed by atoms with van der Waals surface area (Å²) in [7, 11) is 0. The largest absolute Gasteiger partial charge is 0.298 e.